The van der Waals surface area contributed by atoms with Crippen molar-refractivity contribution >= 4 is 34.0 Å². The van der Waals surface area contributed by atoms with E-state index in [4.69, 9.17) is 0 Å². The number of benzene rings is 1. The van der Waals surface area contributed by atoms with Crippen molar-refractivity contribution in [1.29, 1.82) is 0 Å². The molecule has 1 aromatic heterocycles. The number of piperazine rings is 1. The molecule has 1 aliphatic rings. The second kappa shape index (κ2) is 8.18. The molecule has 0 saturated carbocycles. The van der Waals surface area contributed by atoms with Crippen LogP contribution in [0.15, 0.2) is 30.3 Å². The Morgan fingerprint density at radius 3 is 2.50 bits per heavy atom. The molecule has 138 valence electrons. The SMILES string of the molecule is CNc1snc(C)c1C(=O)NCC(=O)N1CCN(c2ccccc2)CC1. The topological polar surface area (TPSA) is 77.6 Å². The first-order valence-electron chi connectivity index (χ1n) is 8.60. The zero-order chi connectivity index (χ0) is 18.5. The molecule has 0 bridgehead atoms. The lowest BCUT2D eigenvalue weighted by atomic mass is 10.2. The lowest BCUT2D eigenvalue weighted by Gasteiger charge is -2.36. The minimum absolute atomic E-state index is 0.00259. The lowest BCUT2D eigenvalue weighted by Crippen LogP contribution is -2.51. The number of carbonyl (C=O) groups is 2. The van der Waals surface area contributed by atoms with Gasteiger partial charge < -0.3 is 20.4 Å². The molecule has 2 aromatic rings. The molecule has 26 heavy (non-hydrogen) atoms. The first-order chi connectivity index (χ1) is 12.6. The van der Waals surface area contributed by atoms with Crippen LogP contribution in [0.25, 0.3) is 0 Å². The number of nitrogens with one attached hydrogen (secondary N) is 2. The number of carbonyl (C=O) groups excluding carboxylic acids is 2. The molecule has 7 nitrogen and oxygen atoms in total. The maximum atomic E-state index is 12.4. The van der Waals surface area contributed by atoms with Crippen molar-refractivity contribution < 1.29 is 9.59 Å². The van der Waals surface area contributed by atoms with Gasteiger partial charge in [-0.15, -0.1) is 0 Å². The molecule has 0 unspecified atom stereocenters. The van der Waals surface area contributed by atoms with Gasteiger partial charge in [0.2, 0.25) is 5.91 Å². The van der Waals surface area contributed by atoms with Crippen LogP contribution in [0.2, 0.25) is 0 Å². The van der Waals surface area contributed by atoms with E-state index in [-0.39, 0.29) is 18.4 Å². The van der Waals surface area contributed by atoms with Crippen LogP contribution in [0.4, 0.5) is 10.7 Å². The number of aryl methyl sites for hydroxylation is 1. The van der Waals surface area contributed by atoms with Gasteiger partial charge in [0.05, 0.1) is 17.8 Å². The summed E-state index contributed by atoms with van der Waals surface area (Å²) in [5.74, 6) is -0.324. The van der Waals surface area contributed by atoms with E-state index >= 15 is 0 Å². The number of aromatic nitrogens is 1. The van der Waals surface area contributed by atoms with Crippen LogP contribution in [-0.4, -0.2) is 60.9 Å². The first kappa shape index (κ1) is 18.2. The van der Waals surface area contributed by atoms with Crippen molar-refractivity contribution in [3.8, 4) is 0 Å². The van der Waals surface area contributed by atoms with Gasteiger partial charge in [0.15, 0.2) is 0 Å². The summed E-state index contributed by atoms with van der Waals surface area (Å²) >= 11 is 1.24. The highest BCUT2D eigenvalue weighted by Crippen LogP contribution is 2.23. The molecule has 8 heteroatoms. The van der Waals surface area contributed by atoms with Gasteiger partial charge in [-0.2, -0.15) is 4.37 Å². The van der Waals surface area contributed by atoms with Crippen LogP contribution in [0.5, 0.6) is 0 Å². The van der Waals surface area contributed by atoms with E-state index in [1.165, 1.54) is 17.2 Å². The Kier molecular flexibility index (Phi) is 5.72. The van der Waals surface area contributed by atoms with Gasteiger partial charge in [-0.3, -0.25) is 9.59 Å². The second-order valence-electron chi connectivity index (χ2n) is 6.11. The van der Waals surface area contributed by atoms with Crippen LogP contribution in [0.1, 0.15) is 16.1 Å². The molecule has 0 radical (unpaired) electrons. The third kappa shape index (κ3) is 3.96. The van der Waals surface area contributed by atoms with E-state index in [1.807, 2.05) is 18.2 Å². The lowest BCUT2D eigenvalue weighted by molar-refractivity contribution is -0.130. The molecule has 0 spiro atoms. The molecule has 1 aromatic carbocycles. The molecular formula is C18H23N5O2S. The van der Waals surface area contributed by atoms with Gasteiger partial charge in [-0.1, -0.05) is 18.2 Å². The Labute approximate surface area is 157 Å². The van der Waals surface area contributed by atoms with E-state index < -0.39 is 0 Å². The predicted molar refractivity (Wildman–Crippen MR) is 104 cm³/mol. The molecule has 0 atom stereocenters. The predicted octanol–water partition coefficient (Wildman–Crippen LogP) is 1.57. The fourth-order valence-corrected chi connectivity index (χ4v) is 3.76. The average Bonchev–Trinajstić information content (AvgIpc) is 3.07. The normalized spacial score (nSPS) is 14.2. The Bertz CT molecular complexity index is 769. The van der Waals surface area contributed by atoms with Crippen LogP contribution < -0.4 is 15.5 Å². The van der Waals surface area contributed by atoms with Crippen LogP contribution in [0, 0.1) is 6.92 Å². The van der Waals surface area contributed by atoms with Crippen LogP contribution in [0.3, 0.4) is 0 Å². The third-order valence-electron chi connectivity index (χ3n) is 4.47. The highest BCUT2D eigenvalue weighted by atomic mass is 32.1. The highest BCUT2D eigenvalue weighted by Gasteiger charge is 2.23. The first-order valence-corrected chi connectivity index (χ1v) is 9.37. The number of hydrogen-bond acceptors (Lipinski definition) is 6. The summed E-state index contributed by atoms with van der Waals surface area (Å²) < 4.78 is 4.18. The molecule has 2 heterocycles. The number of rotatable bonds is 5. The Hall–Kier alpha value is -2.61. The Morgan fingerprint density at radius 1 is 1.15 bits per heavy atom. The van der Waals surface area contributed by atoms with Crippen molar-refractivity contribution in [2.75, 3.05) is 50.0 Å². The smallest absolute Gasteiger partial charge is 0.256 e. The van der Waals surface area contributed by atoms with Gasteiger partial charge in [0, 0.05) is 38.9 Å². The molecule has 1 saturated heterocycles. The molecule has 3 rings (SSSR count). The van der Waals surface area contributed by atoms with Gasteiger partial charge in [-0.25, -0.2) is 0 Å². The van der Waals surface area contributed by atoms with Crippen LogP contribution in [-0.2, 0) is 4.79 Å². The fourth-order valence-electron chi connectivity index (χ4n) is 3.02. The quantitative estimate of drug-likeness (QED) is 0.832. The number of nitrogens with zero attached hydrogens (tertiary/aromatic N) is 3. The van der Waals surface area contributed by atoms with Crippen molar-refractivity contribution in [2.45, 2.75) is 6.92 Å². The second-order valence-corrected chi connectivity index (χ2v) is 6.88. The van der Waals surface area contributed by atoms with Crippen molar-refractivity contribution in [1.82, 2.24) is 14.6 Å². The molecule has 2 N–H and O–H groups in total. The maximum absolute atomic E-state index is 12.4. The highest BCUT2D eigenvalue weighted by molar-refractivity contribution is 7.10. The van der Waals surface area contributed by atoms with E-state index in [1.54, 1.807) is 18.9 Å². The summed E-state index contributed by atoms with van der Waals surface area (Å²) in [5.41, 5.74) is 2.35. The maximum Gasteiger partial charge on any atom is 0.256 e. The molecule has 2 amide bonds. The molecule has 0 aliphatic carbocycles. The number of anilines is 2. The zero-order valence-corrected chi connectivity index (χ0v) is 15.8. The third-order valence-corrected chi connectivity index (χ3v) is 5.43. The van der Waals surface area contributed by atoms with Crippen molar-refractivity contribution in [3.05, 3.63) is 41.6 Å². The molecular weight excluding hydrogens is 350 g/mol. The Morgan fingerprint density at radius 2 is 1.85 bits per heavy atom. The van der Waals surface area contributed by atoms with Gasteiger partial charge in [-0.05, 0) is 30.6 Å². The average molecular weight is 373 g/mol. The standard InChI is InChI=1S/C18H23N5O2S/c1-13-16(18(19-2)26-21-13)17(25)20-12-15(24)23-10-8-22(9-11-23)14-6-4-3-5-7-14/h3-7,19H,8-12H2,1-2H3,(H,20,25). The summed E-state index contributed by atoms with van der Waals surface area (Å²) in [6.07, 6.45) is 0. The van der Waals surface area contributed by atoms with E-state index in [0.29, 0.717) is 29.3 Å². The van der Waals surface area contributed by atoms with E-state index in [0.717, 1.165) is 13.1 Å². The van der Waals surface area contributed by atoms with Gasteiger partial charge in [0.1, 0.15) is 5.00 Å². The number of amides is 2. The number of hydrogen-bond donors (Lipinski definition) is 2. The summed E-state index contributed by atoms with van der Waals surface area (Å²) in [6, 6.07) is 10.2. The van der Waals surface area contributed by atoms with Crippen LogP contribution >= 0.6 is 11.5 Å². The van der Waals surface area contributed by atoms with Gasteiger partial charge in [0.25, 0.3) is 5.91 Å². The number of para-hydroxylation sites is 1. The summed E-state index contributed by atoms with van der Waals surface area (Å²) in [6.45, 7) is 4.69. The van der Waals surface area contributed by atoms with Crippen molar-refractivity contribution in [3.63, 3.8) is 0 Å². The zero-order valence-electron chi connectivity index (χ0n) is 15.0. The minimum atomic E-state index is -0.267. The fraction of sp³-hybridized carbons (Fsp3) is 0.389. The summed E-state index contributed by atoms with van der Waals surface area (Å²) in [5, 5.41) is 6.40. The summed E-state index contributed by atoms with van der Waals surface area (Å²) in [7, 11) is 1.75. The van der Waals surface area contributed by atoms with E-state index in [2.05, 4.69) is 32.0 Å². The molecule has 1 aliphatic heterocycles. The summed E-state index contributed by atoms with van der Waals surface area (Å²) in [4.78, 5) is 28.9. The largest absolute Gasteiger partial charge is 0.378 e. The Balaban J connectivity index is 1.50. The van der Waals surface area contributed by atoms with Crippen molar-refractivity contribution in [2.24, 2.45) is 0 Å². The monoisotopic (exact) mass is 373 g/mol. The minimum Gasteiger partial charge on any atom is -0.378 e. The molecule has 1 fully saturated rings. The van der Waals surface area contributed by atoms with E-state index in [9.17, 15) is 9.59 Å². The van der Waals surface area contributed by atoms with Gasteiger partial charge >= 0.3 is 0 Å².